The molecule has 4 unspecified atom stereocenters. The van der Waals surface area contributed by atoms with Gasteiger partial charge < -0.3 is 9.47 Å². The van der Waals surface area contributed by atoms with Crippen molar-refractivity contribution >= 4 is 11.9 Å². The molecule has 0 N–H and O–H groups in total. The molecule has 0 saturated heterocycles. The number of ether oxygens (including phenoxy) is 2. The van der Waals surface area contributed by atoms with E-state index in [1.54, 1.807) is 0 Å². The number of benzene rings is 2. The molecule has 4 rings (SSSR count). The number of carbonyl (C=O) groups is 2. The van der Waals surface area contributed by atoms with Gasteiger partial charge in [0.25, 0.3) is 0 Å². The number of aryl methyl sites for hydroxylation is 2. The van der Waals surface area contributed by atoms with Gasteiger partial charge in [-0.2, -0.15) is 0 Å². The molecule has 4 nitrogen and oxygen atoms in total. The Hall–Kier alpha value is -2.88. The summed E-state index contributed by atoms with van der Waals surface area (Å²) in [7, 11) is 0. The van der Waals surface area contributed by atoms with Gasteiger partial charge in [0.15, 0.2) is 0 Å². The SMILES string of the molecule is CCc1ccc(OC(=O)C2C3C=CC(C3)C2C(=O)Oc2ccc(CC)c(CC)c2CC)c(CC)c1CC. The smallest absolute Gasteiger partial charge is 0.315 e. The van der Waals surface area contributed by atoms with Crippen LogP contribution in [0.4, 0.5) is 0 Å². The normalized spacial score (nSPS) is 21.9. The van der Waals surface area contributed by atoms with E-state index in [9.17, 15) is 9.59 Å². The summed E-state index contributed by atoms with van der Waals surface area (Å²) in [6, 6.07) is 8.01. The van der Waals surface area contributed by atoms with Gasteiger partial charge in [0, 0.05) is 0 Å². The molecule has 2 bridgehead atoms. The zero-order valence-electron chi connectivity index (χ0n) is 23.4. The van der Waals surface area contributed by atoms with Gasteiger partial charge in [-0.15, -0.1) is 0 Å². The first-order valence-corrected chi connectivity index (χ1v) is 14.3. The fourth-order valence-corrected chi connectivity index (χ4v) is 6.77. The highest BCUT2D eigenvalue weighted by molar-refractivity contribution is 5.87. The highest BCUT2D eigenvalue weighted by Crippen LogP contribution is 2.49. The van der Waals surface area contributed by atoms with Crippen LogP contribution in [0.5, 0.6) is 11.5 Å². The van der Waals surface area contributed by atoms with Crippen molar-refractivity contribution in [1.82, 2.24) is 0 Å². The van der Waals surface area contributed by atoms with E-state index in [0.29, 0.717) is 11.5 Å². The van der Waals surface area contributed by atoms with Crippen molar-refractivity contribution in [2.45, 2.75) is 86.5 Å². The maximum Gasteiger partial charge on any atom is 0.315 e. The maximum absolute atomic E-state index is 13.6. The number of rotatable bonds is 10. The molecule has 0 aliphatic heterocycles. The summed E-state index contributed by atoms with van der Waals surface area (Å²) in [4.78, 5) is 27.3. The van der Waals surface area contributed by atoms with E-state index in [-0.39, 0.29) is 23.8 Å². The summed E-state index contributed by atoms with van der Waals surface area (Å²) in [6.07, 6.45) is 10.3. The van der Waals surface area contributed by atoms with Crippen LogP contribution in [0.3, 0.4) is 0 Å². The largest absolute Gasteiger partial charge is 0.426 e. The number of allylic oxidation sites excluding steroid dienone is 2. The van der Waals surface area contributed by atoms with Crippen molar-refractivity contribution in [3.8, 4) is 11.5 Å². The molecular weight excluding hydrogens is 460 g/mol. The Kier molecular flexibility index (Phi) is 8.56. The van der Waals surface area contributed by atoms with Crippen LogP contribution in [0, 0.1) is 23.7 Å². The number of esters is 2. The summed E-state index contributed by atoms with van der Waals surface area (Å²) in [5.41, 5.74) is 7.35. The van der Waals surface area contributed by atoms with Gasteiger partial charge in [0.2, 0.25) is 0 Å². The minimum Gasteiger partial charge on any atom is -0.426 e. The highest BCUT2D eigenvalue weighted by Gasteiger charge is 2.53. The monoisotopic (exact) mass is 502 g/mol. The Morgan fingerprint density at radius 2 is 0.973 bits per heavy atom. The molecule has 0 spiro atoms. The number of hydrogen-bond donors (Lipinski definition) is 0. The molecule has 1 saturated carbocycles. The number of fused-ring (bicyclic) bond motifs is 2. The Labute approximate surface area is 222 Å². The molecule has 2 aromatic rings. The van der Waals surface area contributed by atoms with Gasteiger partial charge in [-0.05, 0) is 102 Å². The fourth-order valence-electron chi connectivity index (χ4n) is 6.77. The van der Waals surface area contributed by atoms with E-state index in [1.165, 1.54) is 22.3 Å². The summed E-state index contributed by atoms with van der Waals surface area (Å²) in [5.74, 6) is -0.368. The van der Waals surface area contributed by atoms with Crippen molar-refractivity contribution in [1.29, 1.82) is 0 Å². The van der Waals surface area contributed by atoms with Gasteiger partial charge in [-0.1, -0.05) is 65.8 Å². The Balaban J connectivity index is 1.60. The first kappa shape index (κ1) is 27.2. The van der Waals surface area contributed by atoms with Crippen molar-refractivity contribution in [2.75, 3.05) is 0 Å². The average Bonchev–Trinajstić information content (AvgIpc) is 3.54. The van der Waals surface area contributed by atoms with E-state index in [2.05, 4.69) is 65.8 Å². The second-order valence-corrected chi connectivity index (χ2v) is 10.3. The lowest BCUT2D eigenvalue weighted by Crippen LogP contribution is -2.38. The number of carbonyl (C=O) groups excluding carboxylic acids is 2. The Morgan fingerprint density at radius 1 is 0.595 bits per heavy atom. The van der Waals surface area contributed by atoms with Crippen molar-refractivity contribution in [3.63, 3.8) is 0 Å². The average molecular weight is 503 g/mol. The van der Waals surface area contributed by atoms with E-state index in [1.807, 2.05) is 12.1 Å². The zero-order chi connectivity index (χ0) is 26.7. The summed E-state index contributed by atoms with van der Waals surface area (Å²) in [6.45, 7) is 12.8. The van der Waals surface area contributed by atoms with Crippen LogP contribution in [-0.2, 0) is 48.1 Å². The molecule has 4 heteroatoms. The second kappa shape index (κ2) is 11.7. The highest BCUT2D eigenvalue weighted by atomic mass is 16.5. The molecule has 198 valence electrons. The minimum atomic E-state index is -0.520. The molecule has 0 aromatic heterocycles. The van der Waals surface area contributed by atoms with Crippen LogP contribution >= 0.6 is 0 Å². The topological polar surface area (TPSA) is 52.6 Å². The van der Waals surface area contributed by atoms with E-state index < -0.39 is 11.8 Å². The summed E-state index contributed by atoms with van der Waals surface area (Å²) in [5, 5.41) is 0. The molecule has 37 heavy (non-hydrogen) atoms. The summed E-state index contributed by atoms with van der Waals surface area (Å²) < 4.78 is 12.2. The third-order valence-electron chi connectivity index (χ3n) is 8.57. The zero-order valence-corrected chi connectivity index (χ0v) is 23.4. The molecule has 1 fully saturated rings. The van der Waals surface area contributed by atoms with Crippen molar-refractivity contribution in [3.05, 3.63) is 69.8 Å². The Morgan fingerprint density at radius 3 is 1.30 bits per heavy atom. The quantitative estimate of drug-likeness (QED) is 0.199. The van der Waals surface area contributed by atoms with Crippen LogP contribution in [0.15, 0.2) is 36.4 Å². The lowest BCUT2D eigenvalue weighted by molar-refractivity contribution is -0.151. The van der Waals surface area contributed by atoms with E-state index in [4.69, 9.17) is 9.47 Å². The van der Waals surface area contributed by atoms with E-state index in [0.717, 1.165) is 56.1 Å². The molecule has 0 radical (unpaired) electrons. The van der Waals surface area contributed by atoms with Crippen molar-refractivity contribution in [2.24, 2.45) is 23.7 Å². The van der Waals surface area contributed by atoms with Gasteiger partial charge in [0.1, 0.15) is 11.5 Å². The predicted octanol–water partition coefficient (Wildman–Crippen LogP) is 7.01. The predicted molar refractivity (Wildman–Crippen MR) is 148 cm³/mol. The molecule has 4 atom stereocenters. The van der Waals surface area contributed by atoms with Crippen LogP contribution in [0.25, 0.3) is 0 Å². The lowest BCUT2D eigenvalue weighted by Gasteiger charge is -2.26. The van der Waals surface area contributed by atoms with Crippen LogP contribution < -0.4 is 9.47 Å². The molecule has 2 aliphatic carbocycles. The van der Waals surface area contributed by atoms with Crippen LogP contribution in [0.2, 0.25) is 0 Å². The third kappa shape index (κ3) is 5.00. The Bertz CT molecular complexity index is 1100. The maximum atomic E-state index is 13.6. The molecule has 2 aromatic carbocycles. The van der Waals surface area contributed by atoms with E-state index >= 15 is 0 Å². The fraction of sp³-hybridized carbons (Fsp3) is 0.515. The van der Waals surface area contributed by atoms with Gasteiger partial charge in [-0.3, -0.25) is 9.59 Å². The first-order chi connectivity index (χ1) is 17.9. The van der Waals surface area contributed by atoms with Crippen molar-refractivity contribution < 1.29 is 19.1 Å². The lowest BCUT2D eigenvalue weighted by atomic mass is 9.83. The standard InChI is InChI=1S/C33H42O4/c1-7-20-15-17-28(26(11-5)24(20)9-3)36-32(34)30-22-13-14-23(19-22)31(30)33(35)37-29-18-16-21(8-2)25(10-4)27(29)12-6/h13-18,22-23,30-31H,7-12,19H2,1-6H3. The molecular formula is C33H42O4. The third-order valence-corrected chi connectivity index (χ3v) is 8.57. The van der Waals surface area contributed by atoms with Crippen LogP contribution in [-0.4, -0.2) is 11.9 Å². The minimum absolute atomic E-state index is 0.0139. The summed E-state index contributed by atoms with van der Waals surface area (Å²) >= 11 is 0. The van der Waals surface area contributed by atoms with Crippen LogP contribution in [0.1, 0.15) is 81.3 Å². The van der Waals surface area contributed by atoms with Gasteiger partial charge in [0.05, 0.1) is 11.8 Å². The molecule has 2 aliphatic rings. The molecule has 0 amide bonds. The number of hydrogen-bond acceptors (Lipinski definition) is 4. The first-order valence-electron chi connectivity index (χ1n) is 14.3. The second-order valence-electron chi connectivity index (χ2n) is 10.3. The molecule has 0 heterocycles. The van der Waals surface area contributed by atoms with Gasteiger partial charge in [-0.25, -0.2) is 0 Å². The van der Waals surface area contributed by atoms with Gasteiger partial charge >= 0.3 is 11.9 Å².